The van der Waals surface area contributed by atoms with Crippen molar-refractivity contribution in [2.45, 2.75) is 56.6 Å². The van der Waals surface area contributed by atoms with Gasteiger partial charge >= 0.3 is 6.18 Å². The van der Waals surface area contributed by atoms with Crippen LogP contribution in [-0.4, -0.2) is 73.0 Å². The van der Waals surface area contributed by atoms with Crippen LogP contribution in [0.1, 0.15) is 36.2 Å². The maximum atomic E-state index is 13.8. The maximum Gasteiger partial charge on any atom is 0.433 e. The fourth-order valence-electron chi connectivity index (χ4n) is 4.29. The molecule has 2 atom stereocenters. The number of aliphatic hydroxyl groups excluding tert-OH is 1. The Morgan fingerprint density at radius 3 is 2.58 bits per heavy atom. The number of aliphatic hydroxyl groups is 1. The summed E-state index contributed by atoms with van der Waals surface area (Å²) in [5.41, 5.74) is 5.12. The van der Waals surface area contributed by atoms with Crippen molar-refractivity contribution in [1.82, 2.24) is 24.8 Å². The molecule has 0 aliphatic carbocycles. The van der Waals surface area contributed by atoms with Gasteiger partial charge in [-0.05, 0) is 18.6 Å². The molecule has 4 rings (SSSR count). The lowest BCUT2D eigenvalue weighted by molar-refractivity contribution is -0.205. The highest BCUT2D eigenvalue weighted by atomic mass is 19.4. The van der Waals surface area contributed by atoms with Gasteiger partial charge in [0.15, 0.2) is 17.7 Å². The number of fused-ring (bicyclic) bond motifs is 1. The summed E-state index contributed by atoms with van der Waals surface area (Å²) < 4.78 is 68.8. The lowest BCUT2D eigenvalue weighted by Crippen LogP contribution is -2.58. The third-order valence-corrected chi connectivity index (χ3v) is 6.16. The van der Waals surface area contributed by atoms with E-state index in [2.05, 4.69) is 15.0 Å². The number of carbonyl (C=O) groups is 2. The predicted octanol–water partition coefficient (Wildman–Crippen LogP) is 1.74. The highest BCUT2D eigenvalue weighted by molar-refractivity contribution is 5.79. The molecule has 1 saturated heterocycles. The molecular weight excluding hydrogens is 491 g/mol. The molecule has 2 aliphatic heterocycles. The summed E-state index contributed by atoms with van der Waals surface area (Å²) in [7, 11) is 0. The number of rotatable bonds is 5. The SMILES string of the molecule is N[C@H](CC(=O)N1CCc2c(nc(-c3ccncc3)nc2C(F)(F)F)C1)CN1C(=O)CCC(F)(F)C1O. The number of hydrogen-bond acceptors (Lipinski definition) is 7. The van der Waals surface area contributed by atoms with Gasteiger partial charge in [-0.25, -0.2) is 18.7 Å². The number of amides is 2. The Morgan fingerprint density at radius 1 is 1.22 bits per heavy atom. The molecule has 0 aromatic carbocycles. The highest BCUT2D eigenvalue weighted by Crippen LogP contribution is 2.35. The Hall–Kier alpha value is -3.26. The molecular formula is C22H23F5N6O3. The van der Waals surface area contributed by atoms with E-state index >= 15 is 0 Å². The first kappa shape index (κ1) is 25.8. The number of nitrogens with two attached hydrogens (primary N) is 1. The molecule has 2 amide bonds. The molecule has 0 bridgehead atoms. The number of aromatic nitrogens is 3. The van der Waals surface area contributed by atoms with Crippen LogP contribution in [0.2, 0.25) is 0 Å². The van der Waals surface area contributed by atoms with Gasteiger partial charge in [0.25, 0.3) is 5.92 Å². The Morgan fingerprint density at radius 2 is 1.92 bits per heavy atom. The Kier molecular flexibility index (Phi) is 6.92. The van der Waals surface area contributed by atoms with Gasteiger partial charge in [0.2, 0.25) is 11.8 Å². The zero-order chi connectivity index (χ0) is 26.3. The number of pyridine rings is 1. The monoisotopic (exact) mass is 514 g/mol. The number of nitrogens with zero attached hydrogens (tertiary/aromatic N) is 5. The third-order valence-electron chi connectivity index (χ3n) is 6.16. The first-order chi connectivity index (χ1) is 16.9. The second kappa shape index (κ2) is 9.65. The van der Waals surface area contributed by atoms with Gasteiger partial charge in [-0.1, -0.05) is 0 Å². The van der Waals surface area contributed by atoms with Crippen LogP contribution < -0.4 is 5.73 Å². The molecule has 14 heteroatoms. The molecule has 2 aliphatic rings. The zero-order valence-corrected chi connectivity index (χ0v) is 18.9. The number of carbonyl (C=O) groups excluding carboxylic acids is 2. The first-order valence-corrected chi connectivity index (χ1v) is 11.1. The summed E-state index contributed by atoms with van der Waals surface area (Å²) in [4.78, 5) is 38.5. The van der Waals surface area contributed by atoms with Crippen LogP contribution in [-0.2, 0) is 28.7 Å². The number of piperidine rings is 1. The average Bonchev–Trinajstić information content (AvgIpc) is 2.83. The summed E-state index contributed by atoms with van der Waals surface area (Å²) >= 11 is 0. The highest BCUT2D eigenvalue weighted by Gasteiger charge is 2.48. The second-order valence-electron chi connectivity index (χ2n) is 8.77. The van der Waals surface area contributed by atoms with Crippen LogP contribution in [0.15, 0.2) is 24.5 Å². The van der Waals surface area contributed by atoms with Gasteiger partial charge in [0, 0.05) is 61.9 Å². The van der Waals surface area contributed by atoms with Gasteiger partial charge in [-0.2, -0.15) is 13.2 Å². The van der Waals surface area contributed by atoms with Crippen molar-refractivity contribution in [3.63, 3.8) is 0 Å². The van der Waals surface area contributed by atoms with Crippen LogP contribution in [0.5, 0.6) is 0 Å². The fourth-order valence-corrected chi connectivity index (χ4v) is 4.29. The van der Waals surface area contributed by atoms with Crippen LogP contribution in [0, 0.1) is 0 Å². The molecule has 0 radical (unpaired) electrons. The number of likely N-dealkylation sites (tertiary alicyclic amines) is 1. The second-order valence-corrected chi connectivity index (χ2v) is 8.77. The molecule has 194 valence electrons. The van der Waals surface area contributed by atoms with E-state index < -0.39 is 61.3 Å². The van der Waals surface area contributed by atoms with Crippen LogP contribution >= 0.6 is 0 Å². The molecule has 2 aromatic rings. The van der Waals surface area contributed by atoms with Gasteiger partial charge in [-0.15, -0.1) is 0 Å². The van der Waals surface area contributed by atoms with Crippen molar-refractivity contribution < 1.29 is 36.6 Å². The van der Waals surface area contributed by atoms with E-state index in [1.165, 1.54) is 29.4 Å². The minimum atomic E-state index is -4.73. The summed E-state index contributed by atoms with van der Waals surface area (Å²) in [5, 5.41) is 9.81. The molecule has 0 spiro atoms. The van der Waals surface area contributed by atoms with Crippen LogP contribution in [0.4, 0.5) is 22.0 Å². The molecule has 9 nitrogen and oxygen atoms in total. The third kappa shape index (κ3) is 5.28. The van der Waals surface area contributed by atoms with Crippen molar-refractivity contribution in [2.24, 2.45) is 5.73 Å². The fraction of sp³-hybridized carbons (Fsp3) is 0.500. The van der Waals surface area contributed by atoms with E-state index in [4.69, 9.17) is 5.73 Å². The van der Waals surface area contributed by atoms with E-state index in [1.807, 2.05) is 0 Å². The van der Waals surface area contributed by atoms with Crippen LogP contribution in [0.3, 0.4) is 0 Å². The molecule has 4 heterocycles. The Bertz CT molecular complexity index is 1150. The average molecular weight is 514 g/mol. The molecule has 0 saturated carbocycles. The number of alkyl halides is 5. The quantitative estimate of drug-likeness (QED) is 0.583. The summed E-state index contributed by atoms with van der Waals surface area (Å²) in [6.45, 7) is -0.755. The maximum absolute atomic E-state index is 13.8. The predicted molar refractivity (Wildman–Crippen MR) is 114 cm³/mol. The van der Waals surface area contributed by atoms with E-state index in [0.717, 1.165) is 0 Å². The molecule has 3 N–H and O–H groups in total. The van der Waals surface area contributed by atoms with E-state index in [-0.39, 0.29) is 43.0 Å². The summed E-state index contributed by atoms with van der Waals surface area (Å²) in [6, 6.07) is 1.86. The van der Waals surface area contributed by atoms with Crippen molar-refractivity contribution >= 4 is 11.8 Å². The lowest BCUT2D eigenvalue weighted by Gasteiger charge is -2.38. The number of halogens is 5. The van der Waals surface area contributed by atoms with E-state index in [1.54, 1.807) is 0 Å². The van der Waals surface area contributed by atoms with Gasteiger partial charge in [0.1, 0.15) is 0 Å². The standard InChI is InChI=1S/C22H23F5N6O3/c23-21(24)5-1-16(34)33(20(21)36)10-13(28)9-17(35)32-8-4-14-15(11-32)30-19(12-2-6-29-7-3-12)31-18(14)22(25,26)27/h2-3,6-7,13,20,36H,1,4-5,8-11,28H2/t13-,20?/m1/s1. The van der Waals surface area contributed by atoms with E-state index in [0.29, 0.717) is 10.5 Å². The Balaban J connectivity index is 1.50. The summed E-state index contributed by atoms with van der Waals surface area (Å²) in [6.07, 6.45) is -6.05. The molecule has 2 aromatic heterocycles. The van der Waals surface area contributed by atoms with Crippen LogP contribution in [0.25, 0.3) is 11.4 Å². The summed E-state index contributed by atoms with van der Waals surface area (Å²) in [5.74, 6) is -4.90. The lowest BCUT2D eigenvalue weighted by atomic mass is 10.0. The van der Waals surface area contributed by atoms with E-state index in [9.17, 15) is 36.6 Å². The van der Waals surface area contributed by atoms with Crippen molar-refractivity contribution in [2.75, 3.05) is 13.1 Å². The van der Waals surface area contributed by atoms with Gasteiger partial charge in [0.05, 0.1) is 12.2 Å². The van der Waals surface area contributed by atoms with Crippen molar-refractivity contribution in [3.05, 3.63) is 41.5 Å². The number of hydrogen-bond donors (Lipinski definition) is 2. The first-order valence-electron chi connectivity index (χ1n) is 11.1. The zero-order valence-electron chi connectivity index (χ0n) is 18.9. The molecule has 36 heavy (non-hydrogen) atoms. The smallest absolute Gasteiger partial charge is 0.368 e. The molecule has 1 unspecified atom stereocenters. The van der Waals surface area contributed by atoms with Crippen molar-refractivity contribution in [1.29, 1.82) is 0 Å². The van der Waals surface area contributed by atoms with Gasteiger partial charge in [-0.3, -0.25) is 14.6 Å². The topological polar surface area (TPSA) is 126 Å². The normalized spacial score (nSPS) is 20.8. The molecule has 1 fully saturated rings. The van der Waals surface area contributed by atoms with Crippen molar-refractivity contribution in [3.8, 4) is 11.4 Å². The Labute approximate surface area is 202 Å². The minimum absolute atomic E-state index is 0.0404. The largest absolute Gasteiger partial charge is 0.433 e. The van der Waals surface area contributed by atoms with Gasteiger partial charge < -0.3 is 20.6 Å². The minimum Gasteiger partial charge on any atom is -0.368 e.